The largest absolute Gasteiger partial charge is 0.542 e. The van der Waals surface area contributed by atoms with Crippen LogP contribution >= 0.6 is 0 Å². The zero-order chi connectivity index (χ0) is 18.8. The molecular formula is C19H25F2O5-. The topological polar surface area (TPSA) is 75.7 Å². The second kappa shape index (κ2) is 5.63. The Bertz CT molecular complexity index is 611. The molecule has 0 aromatic carbocycles. The Labute approximate surface area is 151 Å². The first-order valence-corrected chi connectivity index (χ1v) is 9.58. The summed E-state index contributed by atoms with van der Waals surface area (Å²) in [7, 11) is 0. The monoisotopic (exact) mass is 371 g/mol. The SMILES string of the molecule is CC1(OC(=O)C23CC4CC(CC(OC(F)(F)C(=O)[O-])(C4)C2)C3)CCCC1. The maximum absolute atomic E-state index is 13.8. The van der Waals surface area contributed by atoms with Gasteiger partial charge in [-0.05, 0) is 83.0 Å². The Balaban J connectivity index is 1.58. The van der Waals surface area contributed by atoms with Crippen LogP contribution in [0.5, 0.6) is 0 Å². The lowest BCUT2D eigenvalue weighted by atomic mass is 9.48. The van der Waals surface area contributed by atoms with Gasteiger partial charge in [-0.25, -0.2) is 0 Å². The highest BCUT2D eigenvalue weighted by Crippen LogP contribution is 2.64. The van der Waals surface area contributed by atoms with E-state index in [-0.39, 0.29) is 24.2 Å². The van der Waals surface area contributed by atoms with Crippen molar-refractivity contribution in [2.24, 2.45) is 17.3 Å². The van der Waals surface area contributed by atoms with Gasteiger partial charge in [0.2, 0.25) is 0 Å². The van der Waals surface area contributed by atoms with E-state index in [9.17, 15) is 23.5 Å². The standard InChI is InChI=1S/C19H26F2O5/c1-16(4-2-3-5-16)25-15(24)17-7-12-6-13(8-17)10-18(9-12,11-17)26-19(20,21)14(22)23/h12-13H,2-11H2,1H3,(H,22,23)/p-1. The third-order valence-corrected chi connectivity index (χ3v) is 7.02. The summed E-state index contributed by atoms with van der Waals surface area (Å²) in [5.74, 6) is -2.64. The molecule has 2 atom stereocenters. The molecule has 0 N–H and O–H groups in total. The van der Waals surface area contributed by atoms with Crippen LogP contribution in [0.2, 0.25) is 0 Å². The predicted octanol–water partition coefficient (Wildman–Crippen LogP) is 2.56. The molecule has 0 aromatic heterocycles. The first-order valence-electron chi connectivity index (χ1n) is 9.58. The van der Waals surface area contributed by atoms with Crippen molar-refractivity contribution in [1.29, 1.82) is 0 Å². The van der Waals surface area contributed by atoms with Gasteiger partial charge in [0.25, 0.3) is 0 Å². The molecule has 0 heterocycles. The van der Waals surface area contributed by atoms with Gasteiger partial charge >= 0.3 is 12.1 Å². The first kappa shape index (κ1) is 18.1. The predicted molar refractivity (Wildman–Crippen MR) is 83.9 cm³/mol. The van der Waals surface area contributed by atoms with Crippen LogP contribution in [0.15, 0.2) is 0 Å². The molecule has 0 aliphatic heterocycles. The highest BCUT2D eigenvalue weighted by atomic mass is 19.3. The van der Waals surface area contributed by atoms with Gasteiger partial charge in [-0.1, -0.05) is 0 Å². The maximum atomic E-state index is 13.8. The Morgan fingerprint density at radius 1 is 1.08 bits per heavy atom. The molecule has 2 unspecified atom stereocenters. The summed E-state index contributed by atoms with van der Waals surface area (Å²) in [5.41, 5.74) is -2.57. The normalized spacial score (nSPS) is 40.6. The van der Waals surface area contributed by atoms with E-state index in [1.54, 1.807) is 0 Å². The van der Waals surface area contributed by atoms with Crippen LogP contribution < -0.4 is 5.11 Å². The molecule has 5 nitrogen and oxygen atoms in total. The van der Waals surface area contributed by atoms with E-state index < -0.39 is 28.7 Å². The number of carbonyl (C=O) groups is 2. The minimum Gasteiger partial charge on any atom is -0.542 e. The fourth-order valence-electron chi connectivity index (χ4n) is 6.41. The van der Waals surface area contributed by atoms with E-state index in [4.69, 9.17) is 9.47 Å². The molecule has 5 rings (SSSR count). The Kier molecular flexibility index (Phi) is 3.93. The van der Waals surface area contributed by atoms with Crippen molar-refractivity contribution < 1.29 is 33.0 Å². The molecule has 146 valence electrons. The van der Waals surface area contributed by atoms with Crippen LogP contribution in [0.4, 0.5) is 8.78 Å². The van der Waals surface area contributed by atoms with Gasteiger partial charge in [-0.2, -0.15) is 8.78 Å². The quantitative estimate of drug-likeness (QED) is 0.695. The summed E-state index contributed by atoms with van der Waals surface area (Å²) in [4.78, 5) is 23.9. The van der Waals surface area contributed by atoms with Crippen LogP contribution in [0.1, 0.15) is 71.1 Å². The van der Waals surface area contributed by atoms with Crippen LogP contribution in [-0.2, 0) is 19.1 Å². The minimum atomic E-state index is -4.34. The molecular weight excluding hydrogens is 346 g/mol. The first-order chi connectivity index (χ1) is 12.1. The summed E-state index contributed by atoms with van der Waals surface area (Å²) in [6.45, 7) is 1.94. The van der Waals surface area contributed by atoms with Gasteiger partial charge in [0, 0.05) is 0 Å². The lowest BCUT2D eigenvalue weighted by molar-refractivity contribution is -0.387. The molecule has 4 bridgehead atoms. The third-order valence-electron chi connectivity index (χ3n) is 7.02. The van der Waals surface area contributed by atoms with Gasteiger partial charge in [-0.3, -0.25) is 4.79 Å². The number of halogens is 2. The fraction of sp³-hybridized carbons (Fsp3) is 0.895. The molecule has 0 spiro atoms. The van der Waals surface area contributed by atoms with Gasteiger partial charge < -0.3 is 19.4 Å². The number of carbonyl (C=O) groups excluding carboxylic acids is 2. The molecule has 5 aliphatic carbocycles. The van der Waals surface area contributed by atoms with Crippen molar-refractivity contribution in [3.63, 3.8) is 0 Å². The number of ether oxygens (including phenoxy) is 2. The number of aliphatic carboxylic acids is 1. The van der Waals surface area contributed by atoms with Gasteiger partial charge in [0.1, 0.15) is 11.6 Å². The second-order valence-corrected chi connectivity index (χ2v) is 9.38. The van der Waals surface area contributed by atoms with Crippen molar-refractivity contribution in [3.8, 4) is 0 Å². The van der Waals surface area contributed by atoms with E-state index in [1.807, 2.05) is 6.92 Å². The number of hydrogen-bond donors (Lipinski definition) is 0. The second-order valence-electron chi connectivity index (χ2n) is 9.38. The molecule has 26 heavy (non-hydrogen) atoms. The van der Waals surface area contributed by atoms with Crippen LogP contribution in [0.3, 0.4) is 0 Å². The Morgan fingerprint density at radius 3 is 2.19 bits per heavy atom. The summed E-state index contributed by atoms with van der Waals surface area (Å²) >= 11 is 0. The van der Waals surface area contributed by atoms with Crippen molar-refractivity contribution >= 4 is 11.9 Å². The third kappa shape index (κ3) is 2.92. The van der Waals surface area contributed by atoms with Crippen molar-refractivity contribution in [2.75, 3.05) is 0 Å². The summed E-state index contributed by atoms with van der Waals surface area (Å²) < 4.78 is 38.3. The van der Waals surface area contributed by atoms with Crippen molar-refractivity contribution in [2.45, 2.75) is 88.4 Å². The fourth-order valence-corrected chi connectivity index (χ4v) is 6.41. The van der Waals surface area contributed by atoms with Gasteiger partial charge in [0.15, 0.2) is 0 Å². The van der Waals surface area contributed by atoms with Crippen LogP contribution in [0, 0.1) is 17.3 Å². The van der Waals surface area contributed by atoms with Crippen LogP contribution in [0.25, 0.3) is 0 Å². The highest BCUT2D eigenvalue weighted by molar-refractivity contribution is 5.78. The van der Waals surface area contributed by atoms with Gasteiger partial charge in [-0.15, -0.1) is 0 Å². The highest BCUT2D eigenvalue weighted by Gasteiger charge is 2.64. The number of hydrogen-bond acceptors (Lipinski definition) is 5. The minimum absolute atomic E-state index is 0.0951. The average Bonchev–Trinajstić information content (AvgIpc) is 2.90. The number of carboxylic acid groups (broad SMARTS) is 1. The maximum Gasteiger partial charge on any atom is 0.398 e. The van der Waals surface area contributed by atoms with Gasteiger partial charge in [0.05, 0.1) is 11.0 Å². The molecule has 5 aliphatic rings. The number of carboxylic acids is 1. The number of esters is 1. The van der Waals surface area contributed by atoms with E-state index in [1.165, 1.54) is 0 Å². The summed E-state index contributed by atoms with van der Waals surface area (Å²) in [6.07, 6.45) is 2.35. The van der Waals surface area contributed by atoms with Crippen molar-refractivity contribution in [3.05, 3.63) is 0 Å². The molecule has 0 saturated heterocycles. The lowest BCUT2D eigenvalue weighted by Crippen LogP contribution is -2.62. The molecule has 0 aromatic rings. The average molecular weight is 371 g/mol. The number of alkyl halides is 2. The lowest BCUT2D eigenvalue weighted by Gasteiger charge is -2.60. The summed E-state index contributed by atoms with van der Waals surface area (Å²) in [5, 5.41) is 10.8. The van der Waals surface area contributed by atoms with Crippen molar-refractivity contribution in [1.82, 2.24) is 0 Å². The number of rotatable bonds is 5. The Morgan fingerprint density at radius 2 is 1.65 bits per heavy atom. The smallest absolute Gasteiger partial charge is 0.398 e. The molecule has 0 amide bonds. The molecule has 7 heteroatoms. The van der Waals surface area contributed by atoms with E-state index in [0.29, 0.717) is 25.7 Å². The van der Waals surface area contributed by atoms with Crippen LogP contribution in [-0.4, -0.2) is 29.2 Å². The molecule has 5 fully saturated rings. The molecule has 5 saturated carbocycles. The summed E-state index contributed by atoms with van der Waals surface area (Å²) in [6, 6.07) is 0. The molecule has 0 radical (unpaired) electrons. The van der Waals surface area contributed by atoms with E-state index >= 15 is 0 Å². The Hall–Kier alpha value is -1.24. The zero-order valence-corrected chi connectivity index (χ0v) is 15.0. The van der Waals surface area contributed by atoms with E-state index in [2.05, 4.69) is 0 Å². The zero-order valence-electron chi connectivity index (χ0n) is 15.0. The van der Waals surface area contributed by atoms with E-state index in [0.717, 1.165) is 32.1 Å².